The first-order valence-corrected chi connectivity index (χ1v) is 4.43. The third-order valence-corrected chi connectivity index (χ3v) is 1.91. The topological polar surface area (TPSA) is 73.6 Å². The van der Waals surface area contributed by atoms with Gasteiger partial charge in [-0.15, -0.1) is 0 Å². The first kappa shape index (κ1) is 11.7. The van der Waals surface area contributed by atoms with Crippen molar-refractivity contribution in [2.24, 2.45) is 0 Å². The number of nitrogens with one attached hydrogen (secondary N) is 1. The third-order valence-electron chi connectivity index (χ3n) is 1.91. The van der Waals surface area contributed by atoms with E-state index in [2.05, 4.69) is 10.3 Å². The van der Waals surface area contributed by atoms with E-state index in [1.54, 1.807) is 6.92 Å². The fourth-order valence-electron chi connectivity index (χ4n) is 1.04. The Labute approximate surface area is 87.6 Å². The predicted octanol–water partition coefficient (Wildman–Crippen LogP) is 0.332. The molecule has 0 unspecified atom stereocenters. The van der Waals surface area contributed by atoms with E-state index in [1.807, 2.05) is 0 Å². The molecule has 0 aliphatic heterocycles. The molecule has 0 aliphatic carbocycles. The first-order valence-electron chi connectivity index (χ1n) is 4.43. The maximum Gasteiger partial charge on any atom is 0.289 e. The van der Waals surface area contributed by atoms with Crippen molar-refractivity contribution in [1.29, 1.82) is 0 Å². The van der Waals surface area contributed by atoms with Gasteiger partial charge in [-0.2, -0.15) is 0 Å². The lowest BCUT2D eigenvalue weighted by atomic mass is 10.3. The molecule has 84 valence electrons. The van der Waals surface area contributed by atoms with Gasteiger partial charge in [0.1, 0.15) is 0 Å². The molecule has 1 heterocycles. The average molecular weight is 214 g/mol. The van der Waals surface area contributed by atoms with Crippen LogP contribution >= 0.6 is 0 Å². The predicted molar refractivity (Wildman–Crippen MR) is 51.4 cm³/mol. The maximum atomic E-state index is 11.5. The summed E-state index contributed by atoms with van der Waals surface area (Å²) in [5.74, 6) is -0.120. The standard InChI is InChI=1S/C9H14N2O4/c1-6-8(15-5-11-6)9(12)10-4-7(13-2)14-3/h5,7H,4H2,1-3H3,(H,10,12). The number of hydrogen-bond donors (Lipinski definition) is 1. The molecule has 1 aromatic rings. The second-order valence-electron chi connectivity index (χ2n) is 2.88. The number of methoxy groups -OCH3 is 2. The lowest BCUT2D eigenvalue weighted by Gasteiger charge is -2.13. The van der Waals surface area contributed by atoms with Crippen molar-refractivity contribution in [1.82, 2.24) is 10.3 Å². The van der Waals surface area contributed by atoms with Crippen molar-refractivity contribution >= 4 is 5.91 Å². The number of carbonyl (C=O) groups is 1. The Morgan fingerprint density at radius 1 is 1.60 bits per heavy atom. The quantitative estimate of drug-likeness (QED) is 0.715. The second kappa shape index (κ2) is 5.47. The van der Waals surface area contributed by atoms with Gasteiger partial charge in [0, 0.05) is 14.2 Å². The second-order valence-corrected chi connectivity index (χ2v) is 2.88. The summed E-state index contributed by atoms with van der Waals surface area (Å²) >= 11 is 0. The minimum atomic E-state index is -0.461. The fraction of sp³-hybridized carbons (Fsp3) is 0.556. The van der Waals surface area contributed by atoms with E-state index in [4.69, 9.17) is 13.9 Å². The van der Waals surface area contributed by atoms with Crippen molar-refractivity contribution in [2.75, 3.05) is 20.8 Å². The van der Waals surface area contributed by atoms with Gasteiger partial charge in [0.2, 0.25) is 5.76 Å². The summed E-state index contributed by atoms with van der Waals surface area (Å²) in [4.78, 5) is 15.3. The van der Waals surface area contributed by atoms with Gasteiger partial charge < -0.3 is 19.2 Å². The first-order chi connectivity index (χ1) is 7.19. The van der Waals surface area contributed by atoms with Crippen LogP contribution in [0.25, 0.3) is 0 Å². The van der Waals surface area contributed by atoms with E-state index < -0.39 is 6.29 Å². The molecule has 0 aliphatic rings. The van der Waals surface area contributed by atoms with Gasteiger partial charge in [0.25, 0.3) is 5.91 Å². The van der Waals surface area contributed by atoms with E-state index in [-0.39, 0.29) is 18.2 Å². The van der Waals surface area contributed by atoms with E-state index in [1.165, 1.54) is 20.6 Å². The van der Waals surface area contributed by atoms with Gasteiger partial charge in [0.15, 0.2) is 12.7 Å². The molecule has 1 rings (SSSR count). The minimum absolute atomic E-state index is 0.209. The van der Waals surface area contributed by atoms with Gasteiger partial charge >= 0.3 is 0 Å². The Bertz CT molecular complexity index is 320. The molecule has 0 atom stereocenters. The Balaban J connectivity index is 2.47. The van der Waals surface area contributed by atoms with E-state index in [0.29, 0.717) is 5.69 Å². The lowest BCUT2D eigenvalue weighted by molar-refractivity contribution is -0.0975. The molecule has 15 heavy (non-hydrogen) atoms. The number of ether oxygens (including phenoxy) is 2. The number of carbonyl (C=O) groups excluding carboxylic acids is 1. The van der Waals surface area contributed by atoms with Crippen molar-refractivity contribution in [2.45, 2.75) is 13.2 Å². The zero-order valence-corrected chi connectivity index (χ0v) is 8.94. The largest absolute Gasteiger partial charge is 0.438 e. The Morgan fingerprint density at radius 2 is 2.27 bits per heavy atom. The Morgan fingerprint density at radius 3 is 2.73 bits per heavy atom. The van der Waals surface area contributed by atoms with Crippen LogP contribution in [-0.2, 0) is 9.47 Å². The SMILES string of the molecule is COC(CNC(=O)c1ocnc1C)OC. The summed E-state index contributed by atoms with van der Waals surface area (Å²) < 4.78 is 14.7. The molecule has 0 saturated heterocycles. The molecule has 0 aromatic carbocycles. The summed E-state index contributed by atoms with van der Waals surface area (Å²) in [6.45, 7) is 1.95. The molecule has 6 heteroatoms. The Hall–Kier alpha value is -1.40. The van der Waals surface area contributed by atoms with Gasteiger partial charge in [0.05, 0.1) is 12.2 Å². The van der Waals surface area contributed by atoms with Crippen LogP contribution in [0, 0.1) is 6.92 Å². The van der Waals surface area contributed by atoms with Gasteiger partial charge in [-0.05, 0) is 6.92 Å². The highest BCUT2D eigenvalue weighted by molar-refractivity contribution is 5.92. The smallest absolute Gasteiger partial charge is 0.289 e. The number of hydrogen-bond acceptors (Lipinski definition) is 5. The summed E-state index contributed by atoms with van der Waals surface area (Å²) in [6, 6.07) is 0. The number of rotatable bonds is 5. The molecule has 6 nitrogen and oxygen atoms in total. The van der Waals surface area contributed by atoms with Gasteiger partial charge in [-0.3, -0.25) is 4.79 Å². The van der Waals surface area contributed by atoms with Crippen molar-refractivity contribution in [3.8, 4) is 0 Å². The molecular weight excluding hydrogens is 200 g/mol. The molecule has 0 radical (unpaired) electrons. The average Bonchev–Trinajstić information content (AvgIpc) is 2.66. The van der Waals surface area contributed by atoms with Crippen LogP contribution in [0.4, 0.5) is 0 Å². The molecule has 1 aromatic heterocycles. The summed E-state index contributed by atoms with van der Waals surface area (Å²) in [6.07, 6.45) is 0.770. The minimum Gasteiger partial charge on any atom is -0.438 e. The maximum absolute atomic E-state index is 11.5. The zero-order chi connectivity index (χ0) is 11.3. The van der Waals surface area contributed by atoms with E-state index in [9.17, 15) is 4.79 Å². The number of aryl methyl sites for hydroxylation is 1. The molecule has 0 saturated carbocycles. The molecule has 1 amide bonds. The number of nitrogens with zero attached hydrogens (tertiary/aromatic N) is 1. The van der Waals surface area contributed by atoms with Crippen molar-refractivity contribution in [3.05, 3.63) is 17.8 Å². The number of amides is 1. The van der Waals surface area contributed by atoms with Gasteiger partial charge in [-0.1, -0.05) is 0 Å². The highest BCUT2D eigenvalue weighted by Gasteiger charge is 2.15. The summed E-state index contributed by atoms with van der Waals surface area (Å²) in [5.41, 5.74) is 0.555. The van der Waals surface area contributed by atoms with Gasteiger partial charge in [-0.25, -0.2) is 4.98 Å². The van der Waals surface area contributed by atoms with Crippen LogP contribution in [0.1, 0.15) is 16.2 Å². The molecule has 0 spiro atoms. The van der Waals surface area contributed by atoms with Crippen LogP contribution in [0.3, 0.4) is 0 Å². The van der Waals surface area contributed by atoms with Crippen LogP contribution in [0.5, 0.6) is 0 Å². The fourth-order valence-corrected chi connectivity index (χ4v) is 1.04. The van der Waals surface area contributed by atoms with E-state index >= 15 is 0 Å². The van der Waals surface area contributed by atoms with Crippen LogP contribution < -0.4 is 5.32 Å². The summed E-state index contributed by atoms with van der Waals surface area (Å²) in [5, 5.41) is 2.61. The molecule has 1 N–H and O–H groups in total. The van der Waals surface area contributed by atoms with Crippen molar-refractivity contribution in [3.63, 3.8) is 0 Å². The molecular formula is C9H14N2O4. The van der Waals surface area contributed by atoms with E-state index in [0.717, 1.165) is 0 Å². The zero-order valence-electron chi connectivity index (χ0n) is 8.94. The van der Waals surface area contributed by atoms with Crippen LogP contribution in [-0.4, -0.2) is 37.9 Å². The third kappa shape index (κ3) is 3.03. The molecule has 0 fully saturated rings. The highest BCUT2D eigenvalue weighted by atomic mass is 16.7. The normalized spacial score (nSPS) is 10.7. The number of aromatic nitrogens is 1. The van der Waals surface area contributed by atoms with Crippen molar-refractivity contribution < 1.29 is 18.7 Å². The summed E-state index contributed by atoms with van der Waals surface area (Å²) in [7, 11) is 3.00. The lowest BCUT2D eigenvalue weighted by Crippen LogP contribution is -2.34. The highest BCUT2D eigenvalue weighted by Crippen LogP contribution is 2.04. The Kier molecular flexibility index (Phi) is 4.26. The monoisotopic (exact) mass is 214 g/mol. The van der Waals surface area contributed by atoms with Crippen LogP contribution in [0.15, 0.2) is 10.8 Å². The molecule has 0 bridgehead atoms. The van der Waals surface area contributed by atoms with Crippen LogP contribution in [0.2, 0.25) is 0 Å². The number of oxazole rings is 1.